The summed E-state index contributed by atoms with van der Waals surface area (Å²) in [5, 5.41) is 0. The molecule has 222 valence electrons. The third-order valence-corrected chi connectivity index (χ3v) is 8.19. The van der Waals surface area contributed by atoms with Crippen LogP contribution in [-0.2, 0) is 16.1 Å². The van der Waals surface area contributed by atoms with Gasteiger partial charge >= 0.3 is 0 Å². The van der Waals surface area contributed by atoms with Gasteiger partial charge in [-0.3, -0.25) is 9.59 Å². The largest absolute Gasteiger partial charge is 0.495 e. The molecule has 0 aromatic heterocycles. The predicted octanol–water partition coefficient (Wildman–Crippen LogP) is 5.77. The summed E-state index contributed by atoms with van der Waals surface area (Å²) in [4.78, 5) is 31.2. The molecule has 2 aliphatic rings. The summed E-state index contributed by atoms with van der Waals surface area (Å²) in [5.74, 6) is 0.159. The molecule has 0 saturated carbocycles. The number of rotatable bonds is 11. The second-order valence-corrected chi connectivity index (χ2v) is 10.9. The molecule has 3 aromatic rings. The van der Waals surface area contributed by atoms with Crippen LogP contribution < -0.4 is 9.64 Å². The highest BCUT2D eigenvalue weighted by molar-refractivity contribution is 6.07. The molecule has 0 N–H and O–H groups in total. The van der Waals surface area contributed by atoms with Gasteiger partial charge in [-0.05, 0) is 86.8 Å². The molecule has 1 unspecified atom stereocenters. The van der Waals surface area contributed by atoms with E-state index in [9.17, 15) is 14.0 Å². The van der Waals surface area contributed by atoms with Crippen molar-refractivity contribution >= 4 is 17.4 Å². The van der Waals surface area contributed by atoms with Crippen LogP contribution in [0.2, 0.25) is 0 Å². The highest BCUT2D eigenvalue weighted by Crippen LogP contribution is 2.30. The first-order chi connectivity index (χ1) is 20.5. The molecule has 5 rings (SSSR count). The fourth-order valence-electron chi connectivity index (χ4n) is 5.74. The summed E-state index contributed by atoms with van der Waals surface area (Å²) in [7, 11) is 1.61. The van der Waals surface area contributed by atoms with E-state index in [2.05, 4.69) is 4.90 Å². The molecular formula is C34H39FN2O5. The van der Waals surface area contributed by atoms with Crippen LogP contribution in [0.1, 0.15) is 52.0 Å². The number of nitrogens with zero attached hydrogens (tertiary/aromatic N) is 2. The first-order valence-electron chi connectivity index (χ1n) is 14.8. The molecule has 0 radical (unpaired) electrons. The van der Waals surface area contributed by atoms with Crippen molar-refractivity contribution in [1.29, 1.82) is 0 Å². The lowest BCUT2D eigenvalue weighted by atomic mass is 9.89. The van der Waals surface area contributed by atoms with Gasteiger partial charge in [0, 0.05) is 36.7 Å². The lowest BCUT2D eigenvalue weighted by Crippen LogP contribution is -2.43. The van der Waals surface area contributed by atoms with Gasteiger partial charge in [-0.15, -0.1) is 0 Å². The van der Waals surface area contributed by atoms with Crippen molar-refractivity contribution in [3.05, 3.63) is 95.3 Å². The number of anilines is 1. The average molecular weight is 575 g/mol. The maximum atomic E-state index is 14.2. The van der Waals surface area contributed by atoms with Crippen molar-refractivity contribution < 1.29 is 28.2 Å². The van der Waals surface area contributed by atoms with Gasteiger partial charge in [0.2, 0.25) is 0 Å². The molecule has 8 heteroatoms. The standard InChI is InChI=1S/C34H39FN2O5/c1-40-32-11-5-4-10-31(32)37(34(39)30-9-3-2-7-27(30)23-42-29-8-6-22-41-24-29)21-20-36-18-16-26(17-19-36)33(38)25-12-14-28(35)15-13-25/h2-5,7,9-15,26,29H,6,8,16-24H2,1H3. The van der Waals surface area contributed by atoms with E-state index >= 15 is 0 Å². The number of hydrogen-bond acceptors (Lipinski definition) is 6. The first kappa shape index (κ1) is 29.9. The topological polar surface area (TPSA) is 68.3 Å². The van der Waals surface area contributed by atoms with Gasteiger partial charge in [-0.1, -0.05) is 30.3 Å². The van der Waals surface area contributed by atoms with Gasteiger partial charge in [0.1, 0.15) is 11.6 Å². The van der Waals surface area contributed by atoms with Crippen LogP contribution in [0.4, 0.5) is 10.1 Å². The number of ether oxygens (including phenoxy) is 3. The second-order valence-electron chi connectivity index (χ2n) is 10.9. The quantitative estimate of drug-likeness (QED) is 0.271. The van der Waals surface area contributed by atoms with E-state index in [0.717, 1.165) is 50.9 Å². The van der Waals surface area contributed by atoms with Gasteiger partial charge in [0.05, 0.1) is 32.1 Å². The SMILES string of the molecule is COc1ccccc1N(CCN1CCC(C(=O)c2ccc(F)cc2)CC1)C(=O)c1ccccc1COC1CCCOC1. The van der Waals surface area contributed by atoms with E-state index in [-0.39, 0.29) is 29.5 Å². The number of ketones is 1. The Hall–Kier alpha value is -3.59. The van der Waals surface area contributed by atoms with Gasteiger partial charge in [0.15, 0.2) is 5.78 Å². The predicted molar refractivity (Wildman–Crippen MR) is 160 cm³/mol. The molecule has 1 atom stereocenters. The van der Waals surface area contributed by atoms with Gasteiger partial charge < -0.3 is 24.0 Å². The van der Waals surface area contributed by atoms with E-state index in [4.69, 9.17) is 14.2 Å². The van der Waals surface area contributed by atoms with Crippen LogP contribution in [0.3, 0.4) is 0 Å². The number of hydrogen-bond donors (Lipinski definition) is 0. The number of Topliss-reactive ketones (excluding diaryl/α,β-unsaturated/α-hetero) is 1. The summed E-state index contributed by atoms with van der Waals surface area (Å²) >= 11 is 0. The van der Waals surface area contributed by atoms with Crippen molar-refractivity contribution in [2.24, 2.45) is 5.92 Å². The van der Waals surface area contributed by atoms with Crippen LogP contribution in [0, 0.1) is 11.7 Å². The number of likely N-dealkylation sites (tertiary alicyclic amines) is 1. The monoisotopic (exact) mass is 574 g/mol. The minimum atomic E-state index is -0.343. The first-order valence-corrected chi connectivity index (χ1v) is 14.8. The van der Waals surface area contributed by atoms with Crippen molar-refractivity contribution in [3.63, 3.8) is 0 Å². The number of piperidine rings is 1. The van der Waals surface area contributed by atoms with Crippen LogP contribution in [0.25, 0.3) is 0 Å². The Morgan fingerprint density at radius 3 is 2.45 bits per heavy atom. The molecule has 42 heavy (non-hydrogen) atoms. The van der Waals surface area contributed by atoms with Crippen molar-refractivity contribution in [1.82, 2.24) is 4.90 Å². The zero-order chi connectivity index (χ0) is 29.3. The van der Waals surface area contributed by atoms with Crippen molar-refractivity contribution in [2.75, 3.05) is 51.4 Å². The smallest absolute Gasteiger partial charge is 0.258 e. The summed E-state index contributed by atoms with van der Waals surface area (Å²) in [6, 6.07) is 21.0. The van der Waals surface area contributed by atoms with Crippen molar-refractivity contribution in [2.45, 2.75) is 38.4 Å². The molecule has 2 aliphatic heterocycles. The Bertz CT molecular complexity index is 1330. The normalized spacial score (nSPS) is 18.0. The molecule has 1 amide bonds. The van der Waals surface area contributed by atoms with E-state index in [1.165, 1.54) is 12.1 Å². The molecule has 3 aromatic carbocycles. The maximum absolute atomic E-state index is 14.2. The lowest BCUT2D eigenvalue weighted by Gasteiger charge is -2.33. The van der Waals surface area contributed by atoms with Gasteiger partial charge in [0.25, 0.3) is 5.91 Å². The minimum absolute atomic E-state index is 0.0325. The highest BCUT2D eigenvalue weighted by atomic mass is 19.1. The van der Waals surface area contributed by atoms with E-state index < -0.39 is 0 Å². The van der Waals surface area contributed by atoms with Crippen LogP contribution in [-0.4, -0.2) is 69.2 Å². The number of carbonyl (C=O) groups excluding carboxylic acids is 2. The van der Waals surface area contributed by atoms with E-state index in [0.29, 0.717) is 48.9 Å². The maximum Gasteiger partial charge on any atom is 0.258 e. The molecular weight excluding hydrogens is 535 g/mol. The summed E-state index contributed by atoms with van der Waals surface area (Å²) in [5.41, 5.74) is 2.71. The second kappa shape index (κ2) is 14.5. The molecule has 0 aliphatic carbocycles. The molecule has 7 nitrogen and oxygen atoms in total. The number of methoxy groups -OCH3 is 1. The minimum Gasteiger partial charge on any atom is -0.495 e. The number of halogens is 1. The third kappa shape index (κ3) is 7.43. The lowest BCUT2D eigenvalue weighted by molar-refractivity contribution is -0.0569. The Labute approximate surface area is 247 Å². The van der Waals surface area contributed by atoms with Crippen LogP contribution in [0.15, 0.2) is 72.8 Å². The number of benzene rings is 3. The van der Waals surface area contributed by atoms with Crippen LogP contribution >= 0.6 is 0 Å². The Morgan fingerprint density at radius 2 is 1.71 bits per heavy atom. The zero-order valence-electron chi connectivity index (χ0n) is 24.2. The molecule has 2 fully saturated rings. The Kier molecular flexibility index (Phi) is 10.3. The molecule has 0 spiro atoms. The number of amides is 1. The van der Waals surface area contributed by atoms with Crippen LogP contribution in [0.5, 0.6) is 5.75 Å². The number of para-hydroxylation sites is 2. The third-order valence-electron chi connectivity index (χ3n) is 8.19. The summed E-state index contributed by atoms with van der Waals surface area (Å²) in [6.45, 7) is 4.30. The van der Waals surface area contributed by atoms with E-state index in [1.807, 2.05) is 48.5 Å². The van der Waals surface area contributed by atoms with Crippen molar-refractivity contribution in [3.8, 4) is 5.75 Å². The summed E-state index contributed by atoms with van der Waals surface area (Å²) in [6.07, 6.45) is 3.42. The number of carbonyl (C=O) groups is 2. The summed E-state index contributed by atoms with van der Waals surface area (Å²) < 4.78 is 30.6. The van der Waals surface area contributed by atoms with Gasteiger partial charge in [-0.2, -0.15) is 0 Å². The molecule has 2 saturated heterocycles. The fourth-order valence-corrected chi connectivity index (χ4v) is 5.74. The van der Waals surface area contributed by atoms with Gasteiger partial charge in [-0.25, -0.2) is 4.39 Å². The Morgan fingerprint density at radius 1 is 0.976 bits per heavy atom. The fraction of sp³-hybridized carbons (Fsp3) is 0.412. The molecule has 2 heterocycles. The average Bonchev–Trinajstić information content (AvgIpc) is 3.05. The molecule has 0 bridgehead atoms. The Balaban J connectivity index is 1.27. The zero-order valence-corrected chi connectivity index (χ0v) is 24.2. The highest BCUT2D eigenvalue weighted by Gasteiger charge is 2.28. The van der Waals surface area contributed by atoms with E-state index in [1.54, 1.807) is 24.1 Å².